The lowest BCUT2D eigenvalue weighted by atomic mass is 9.81. The van der Waals surface area contributed by atoms with E-state index in [0.29, 0.717) is 24.4 Å². The van der Waals surface area contributed by atoms with E-state index in [-0.39, 0.29) is 23.0 Å². The van der Waals surface area contributed by atoms with Gasteiger partial charge in [-0.25, -0.2) is 4.79 Å². The molecule has 0 bridgehead atoms. The van der Waals surface area contributed by atoms with E-state index in [2.05, 4.69) is 36.0 Å². The van der Waals surface area contributed by atoms with Gasteiger partial charge in [0.15, 0.2) is 0 Å². The first-order valence-corrected chi connectivity index (χ1v) is 12.0. The van der Waals surface area contributed by atoms with Crippen LogP contribution in [0.5, 0.6) is 5.75 Å². The van der Waals surface area contributed by atoms with Gasteiger partial charge >= 0.3 is 6.09 Å². The number of amides is 2. The largest absolute Gasteiger partial charge is 0.415 e. The van der Waals surface area contributed by atoms with Gasteiger partial charge in [0.2, 0.25) is 0 Å². The third-order valence-corrected chi connectivity index (χ3v) is 5.79. The molecule has 0 saturated carbocycles. The molecule has 1 aliphatic heterocycles. The van der Waals surface area contributed by atoms with Crippen molar-refractivity contribution in [2.75, 3.05) is 32.7 Å². The van der Waals surface area contributed by atoms with Gasteiger partial charge in [-0.15, -0.1) is 0 Å². The molecule has 184 valence electrons. The zero-order chi connectivity index (χ0) is 24.8. The van der Waals surface area contributed by atoms with Crippen molar-refractivity contribution in [1.82, 2.24) is 20.1 Å². The molecule has 2 aromatic rings. The van der Waals surface area contributed by atoms with Gasteiger partial charge in [0.25, 0.3) is 5.91 Å². The van der Waals surface area contributed by atoms with Crippen LogP contribution in [0.25, 0.3) is 0 Å². The highest BCUT2D eigenvalue weighted by Gasteiger charge is 2.27. The van der Waals surface area contributed by atoms with Crippen molar-refractivity contribution in [3.05, 3.63) is 59.9 Å². The lowest BCUT2D eigenvalue weighted by molar-refractivity contribution is 0.0891. The Morgan fingerprint density at radius 3 is 2.24 bits per heavy atom. The van der Waals surface area contributed by atoms with E-state index < -0.39 is 0 Å². The minimum absolute atomic E-state index is 0.111. The molecular formula is C27H38N4O3. The maximum absolute atomic E-state index is 12.7. The number of piperazine rings is 1. The van der Waals surface area contributed by atoms with E-state index >= 15 is 0 Å². The predicted octanol–water partition coefficient (Wildman–Crippen LogP) is 4.39. The minimum atomic E-state index is -0.354. The van der Waals surface area contributed by atoms with Crippen LogP contribution in [0.2, 0.25) is 0 Å². The number of carbonyl (C=O) groups is 2. The summed E-state index contributed by atoms with van der Waals surface area (Å²) in [5, 5.41) is 3.10. The van der Waals surface area contributed by atoms with E-state index in [9.17, 15) is 9.59 Å². The second-order valence-corrected chi connectivity index (χ2v) is 10.9. The van der Waals surface area contributed by atoms with Gasteiger partial charge in [-0.3, -0.25) is 14.7 Å². The topological polar surface area (TPSA) is 74.8 Å². The Hall–Kier alpha value is -2.93. The number of hydrogen-bond acceptors (Lipinski definition) is 5. The molecule has 1 saturated heterocycles. The van der Waals surface area contributed by atoms with Crippen LogP contribution in [0.3, 0.4) is 0 Å². The average molecular weight is 467 g/mol. The number of hydrogen-bond donors (Lipinski definition) is 1. The van der Waals surface area contributed by atoms with Crippen LogP contribution < -0.4 is 10.1 Å². The number of nitrogens with one attached hydrogen (secondary N) is 1. The second kappa shape index (κ2) is 11.0. The second-order valence-electron chi connectivity index (χ2n) is 10.9. The van der Waals surface area contributed by atoms with E-state index in [1.807, 2.05) is 38.2 Å². The third-order valence-electron chi connectivity index (χ3n) is 5.79. The molecule has 1 aromatic carbocycles. The van der Waals surface area contributed by atoms with Crippen LogP contribution in [0.1, 0.15) is 57.1 Å². The van der Waals surface area contributed by atoms with Crippen LogP contribution in [-0.4, -0.2) is 65.0 Å². The normalized spacial score (nSPS) is 15.1. The number of pyridine rings is 1. The molecule has 1 N–H and O–H groups in total. The number of aromatic nitrogens is 1. The number of nitrogens with zero attached hydrogens (tertiary/aromatic N) is 3. The molecule has 0 atom stereocenters. The van der Waals surface area contributed by atoms with Crippen molar-refractivity contribution >= 4 is 12.0 Å². The summed E-state index contributed by atoms with van der Waals surface area (Å²) in [7, 11) is 0. The third kappa shape index (κ3) is 8.13. The first kappa shape index (κ1) is 25.7. The van der Waals surface area contributed by atoms with Gasteiger partial charge in [0.05, 0.1) is 0 Å². The first-order chi connectivity index (χ1) is 16.0. The molecule has 1 fully saturated rings. The summed E-state index contributed by atoms with van der Waals surface area (Å²) in [4.78, 5) is 33.7. The van der Waals surface area contributed by atoms with Gasteiger partial charge in [-0.05, 0) is 62.1 Å². The van der Waals surface area contributed by atoms with E-state index in [4.69, 9.17) is 4.74 Å². The Balaban J connectivity index is 1.44. The van der Waals surface area contributed by atoms with Gasteiger partial charge < -0.3 is 15.0 Å². The number of ether oxygens (including phenoxy) is 1. The molecule has 3 rings (SSSR count). The fraction of sp³-hybridized carbons (Fsp3) is 0.519. The zero-order valence-electron chi connectivity index (χ0n) is 21.1. The van der Waals surface area contributed by atoms with Crippen molar-refractivity contribution in [1.29, 1.82) is 0 Å². The maximum Gasteiger partial charge on any atom is 0.415 e. The first-order valence-electron chi connectivity index (χ1n) is 12.0. The Morgan fingerprint density at radius 1 is 0.971 bits per heavy atom. The number of benzene rings is 1. The summed E-state index contributed by atoms with van der Waals surface area (Å²) in [5.41, 5.74) is 1.42. The highest BCUT2D eigenvalue weighted by molar-refractivity contribution is 5.94. The standard InChI is InChI=1S/C27H38N4O3/c1-26(2,3)20-27(4,5)29-24(32)21-9-11-23(12-10-21)34-25(33)31-18-16-30(17-19-31)15-13-22-8-6-7-14-28-22/h6-12,14H,13,15-20H2,1-5H3,(H,29,32). The smallest absolute Gasteiger partial charge is 0.410 e. The molecule has 0 aliphatic carbocycles. The van der Waals surface area contributed by atoms with Crippen LogP contribution in [0, 0.1) is 5.41 Å². The lowest BCUT2D eigenvalue weighted by Gasteiger charge is -2.34. The fourth-order valence-corrected chi connectivity index (χ4v) is 4.56. The average Bonchev–Trinajstić information content (AvgIpc) is 2.77. The summed E-state index contributed by atoms with van der Waals surface area (Å²) in [6, 6.07) is 12.7. The van der Waals surface area contributed by atoms with Gasteiger partial charge in [0.1, 0.15) is 5.75 Å². The van der Waals surface area contributed by atoms with Crippen molar-refractivity contribution in [2.45, 2.75) is 53.0 Å². The molecule has 7 heteroatoms. The minimum Gasteiger partial charge on any atom is -0.410 e. The molecule has 7 nitrogen and oxygen atoms in total. The molecule has 34 heavy (non-hydrogen) atoms. The Kier molecular flexibility index (Phi) is 8.31. The molecule has 1 aromatic heterocycles. The summed E-state index contributed by atoms with van der Waals surface area (Å²) in [6.07, 6.45) is 3.22. The number of rotatable bonds is 7. The summed E-state index contributed by atoms with van der Waals surface area (Å²) < 4.78 is 5.55. The van der Waals surface area contributed by atoms with Gasteiger partial charge in [-0.1, -0.05) is 26.8 Å². The maximum atomic E-state index is 12.7. The van der Waals surface area contributed by atoms with Crippen molar-refractivity contribution < 1.29 is 14.3 Å². The molecular weight excluding hydrogens is 428 g/mol. The Labute approximate surface area is 203 Å². The van der Waals surface area contributed by atoms with Crippen LogP contribution in [-0.2, 0) is 6.42 Å². The zero-order valence-corrected chi connectivity index (χ0v) is 21.1. The SMILES string of the molecule is CC(C)(C)CC(C)(C)NC(=O)c1ccc(OC(=O)N2CCN(CCc3ccccn3)CC2)cc1. The summed E-state index contributed by atoms with van der Waals surface area (Å²) in [6.45, 7) is 14.3. The fourth-order valence-electron chi connectivity index (χ4n) is 4.56. The lowest BCUT2D eigenvalue weighted by Crippen LogP contribution is -2.49. The van der Waals surface area contributed by atoms with Crippen LogP contribution in [0.4, 0.5) is 4.79 Å². The summed E-state index contributed by atoms with van der Waals surface area (Å²) in [5.74, 6) is 0.307. The van der Waals surface area contributed by atoms with Gasteiger partial charge in [0, 0.05) is 62.1 Å². The molecule has 2 heterocycles. The van der Waals surface area contributed by atoms with Crippen molar-refractivity contribution in [3.8, 4) is 5.75 Å². The highest BCUT2D eigenvalue weighted by atomic mass is 16.6. The molecule has 0 unspecified atom stereocenters. The van der Waals surface area contributed by atoms with Crippen molar-refractivity contribution in [2.24, 2.45) is 5.41 Å². The van der Waals surface area contributed by atoms with Crippen LogP contribution in [0.15, 0.2) is 48.7 Å². The summed E-state index contributed by atoms with van der Waals surface area (Å²) >= 11 is 0. The Morgan fingerprint density at radius 2 is 1.65 bits per heavy atom. The number of carbonyl (C=O) groups excluding carboxylic acids is 2. The Bertz CT molecular complexity index is 944. The monoisotopic (exact) mass is 466 g/mol. The van der Waals surface area contributed by atoms with Crippen molar-refractivity contribution in [3.63, 3.8) is 0 Å². The molecule has 0 radical (unpaired) electrons. The van der Waals surface area contributed by atoms with E-state index in [0.717, 1.165) is 38.2 Å². The van der Waals surface area contributed by atoms with Gasteiger partial charge in [-0.2, -0.15) is 0 Å². The van der Waals surface area contributed by atoms with E-state index in [1.165, 1.54) is 0 Å². The van der Waals surface area contributed by atoms with E-state index in [1.54, 1.807) is 29.2 Å². The highest BCUT2D eigenvalue weighted by Crippen LogP contribution is 2.27. The predicted molar refractivity (Wildman–Crippen MR) is 134 cm³/mol. The molecule has 0 spiro atoms. The molecule has 1 aliphatic rings. The molecule has 2 amide bonds. The van der Waals surface area contributed by atoms with Crippen LogP contribution >= 0.6 is 0 Å². The quantitative estimate of drug-likeness (QED) is 0.655.